The molecule has 9 heteroatoms. The molecule has 1 saturated heterocycles. The summed E-state index contributed by atoms with van der Waals surface area (Å²) in [4.78, 5) is 15.4. The van der Waals surface area contributed by atoms with Gasteiger partial charge in [0.2, 0.25) is 5.91 Å². The number of carbonyl (C=O) groups excluding carboxylic acids is 1. The molecule has 7 nitrogen and oxygen atoms in total. The number of thioether (sulfide) groups is 1. The van der Waals surface area contributed by atoms with Gasteiger partial charge in [0, 0.05) is 23.7 Å². The van der Waals surface area contributed by atoms with Gasteiger partial charge in [-0.3, -0.25) is 9.36 Å². The second-order valence-electron chi connectivity index (χ2n) is 9.22. The first-order valence-corrected chi connectivity index (χ1v) is 14.5. The van der Waals surface area contributed by atoms with E-state index in [0.717, 1.165) is 55.2 Å². The molecule has 2 saturated carbocycles. The Morgan fingerprint density at radius 1 is 1.00 bits per heavy atom. The number of hydrogen-bond acceptors (Lipinski definition) is 6. The summed E-state index contributed by atoms with van der Waals surface area (Å²) in [5, 5.41) is 9.61. The number of amides is 1. The van der Waals surface area contributed by atoms with Gasteiger partial charge in [0.1, 0.15) is 5.82 Å². The monoisotopic (exact) mass is 474 g/mol. The predicted octanol–water partition coefficient (Wildman–Crippen LogP) is 3.59. The van der Waals surface area contributed by atoms with Crippen LogP contribution in [0.4, 0.5) is 0 Å². The van der Waals surface area contributed by atoms with E-state index in [2.05, 4.69) is 14.8 Å². The van der Waals surface area contributed by atoms with Crippen LogP contribution < -0.4 is 0 Å². The number of aromatic nitrogens is 3. The zero-order valence-corrected chi connectivity index (χ0v) is 19.9. The Bertz CT molecular complexity index is 1060. The molecule has 172 valence electrons. The lowest BCUT2D eigenvalue weighted by atomic mass is 9.93. The second-order valence-corrected chi connectivity index (χ2v) is 12.4. The fourth-order valence-electron chi connectivity index (χ4n) is 5.06. The van der Waals surface area contributed by atoms with Gasteiger partial charge in [-0.05, 0) is 44.2 Å². The van der Waals surface area contributed by atoms with E-state index in [4.69, 9.17) is 0 Å². The van der Waals surface area contributed by atoms with E-state index in [1.807, 2.05) is 35.2 Å². The van der Waals surface area contributed by atoms with E-state index in [0.29, 0.717) is 12.3 Å². The van der Waals surface area contributed by atoms with Gasteiger partial charge < -0.3 is 4.90 Å². The molecule has 0 unspecified atom stereocenters. The van der Waals surface area contributed by atoms with Crippen LogP contribution in [0.2, 0.25) is 0 Å². The molecule has 32 heavy (non-hydrogen) atoms. The lowest BCUT2D eigenvalue weighted by molar-refractivity contribution is -0.133. The largest absolute Gasteiger partial charge is 0.335 e. The average molecular weight is 475 g/mol. The van der Waals surface area contributed by atoms with Crippen LogP contribution in [0.15, 0.2) is 35.5 Å². The molecule has 3 fully saturated rings. The Morgan fingerprint density at radius 2 is 1.75 bits per heavy atom. The van der Waals surface area contributed by atoms with Gasteiger partial charge in [0.25, 0.3) is 0 Å². The molecule has 1 aromatic heterocycles. The van der Waals surface area contributed by atoms with Gasteiger partial charge in [0.05, 0.1) is 17.3 Å². The van der Waals surface area contributed by atoms with E-state index in [1.165, 1.54) is 18.2 Å². The normalized spacial score (nSPS) is 23.3. The SMILES string of the molecule is O=C(CSc1nnc(C2CC2)n1-c1ccccc1)N(C1CCCCC1)[C@@H]1CCS(=O)(=O)C1. The topological polar surface area (TPSA) is 85.2 Å². The molecule has 0 bridgehead atoms. The number of rotatable bonds is 7. The first-order chi connectivity index (χ1) is 15.5. The molecule has 1 atom stereocenters. The summed E-state index contributed by atoms with van der Waals surface area (Å²) in [6.07, 6.45) is 8.15. The van der Waals surface area contributed by atoms with Crippen molar-refractivity contribution in [1.82, 2.24) is 19.7 Å². The summed E-state index contributed by atoms with van der Waals surface area (Å²) < 4.78 is 26.4. The minimum atomic E-state index is -3.05. The molecule has 2 aromatic rings. The van der Waals surface area contributed by atoms with Crippen LogP contribution in [0.3, 0.4) is 0 Å². The van der Waals surface area contributed by atoms with Crippen LogP contribution in [0.1, 0.15) is 63.1 Å². The van der Waals surface area contributed by atoms with E-state index < -0.39 is 9.84 Å². The minimum Gasteiger partial charge on any atom is -0.335 e. The predicted molar refractivity (Wildman–Crippen MR) is 125 cm³/mol. The summed E-state index contributed by atoms with van der Waals surface area (Å²) in [7, 11) is -3.05. The Kier molecular flexibility index (Phi) is 6.29. The molecule has 1 amide bonds. The van der Waals surface area contributed by atoms with Crippen molar-refractivity contribution in [2.45, 2.75) is 74.5 Å². The van der Waals surface area contributed by atoms with Gasteiger partial charge in [-0.2, -0.15) is 0 Å². The highest BCUT2D eigenvalue weighted by Crippen LogP contribution is 2.41. The standard InChI is InChI=1S/C23H30N4O3S2/c28-21(26(18-7-3-1-4-8-18)20-13-14-32(29,30)16-20)15-31-23-25-24-22(17-11-12-17)27(23)19-9-5-2-6-10-19/h2,5-6,9-10,17-18,20H,1,3-4,7-8,11-16H2/t20-/m1/s1. The third kappa shape index (κ3) is 4.73. The molecule has 5 rings (SSSR count). The van der Waals surface area contributed by atoms with Crippen molar-refractivity contribution < 1.29 is 13.2 Å². The number of nitrogens with zero attached hydrogens (tertiary/aromatic N) is 4. The third-order valence-corrected chi connectivity index (χ3v) is 9.46. The van der Waals surface area contributed by atoms with E-state index in [1.54, 1.807) is 0 Å². The van der Waals surface area contributed by atoms with E-state index in [-0.39, 0.29) is 35.2 Å². The quantitative estimate of drug-likeness (QED) is 0.570. The van der Waals surface area contributed by atoms with Gasteiger partial charge in [0.15, 0.2) is 15.0 Å². The molecule has 0 spiro atoms. The summed E-state index contributed by atoms with van der Waals surface area (Å²) in [5.41, 5.74) is 1.01. The molecule has 2 heterocycles. The molecule has 1 aliphatic heterocycles. The van der Waals surface area contributed by atoms with Gasteiger partial charge in [-0.25, -0.2) is 8.42 Å². The zero-order chi connectivity index (χ0) is 22.1. The molecular weight excluding hydrogens is 444 g/mol. The van der Waals surface area contributed by atoms with Crippen LogP contribution in [0, 0.1) is 0 Å². The van der Waals surface area contributed by atoms with Crippen LogP contribution in [-0.2, 0) is 14.6 Å². The maximum atomic E-state index is 13.5. The Labute approximate surface area is 193 Å². The molecular formula is C23H30N4O3S2. The number of hydrogen-bond donors (Lipinski definition) is 0. The van der Waals surface area contributed by atoms with Gasteiger partial charge >= 0.3 is 0 Å². The fourth-order valence-corrected chi connectivity index (χ4v) is 7.60. The Hall–Kier alpha value is -1.87. The van der Waals surface area contributed by atoms with Crippen molar-refractivity contribution in [2.75, 3.05) is 17.3 Å². The van der Waals surface area contributed by atoms with E-state index in [9.17, 15) is 13.2 Å². The zero-order valence-electron chi connectivity index (χ0n) is 18.2. The number of sulfone groups is 1. The van der Waals surface area contributed by atoms with Crippen molar-refractivity contribution in [3.05, 3.63) is 36.2 Å². The molecule has 0 radical (unpaired) electrons. The highest BCUT2D eigenvalue weighted by Gasteiger charge is 2.38. The maximum absolute atomic E-state index is 13.5. The minimum absolute atomic E-state index is 0.0274. The van der Waals surface area contributed by atoms with Gasteiger partial charge in [-0.1, -0.05) is 49.2 Å². The van der Waals surface area contributed by atoms with Crippen LogP contribution in [0.25, 0.3) is 5.69 Å². The van der Waals surface area contributed by atoms with Crippen molar-refractivity contribution in [3.63, 3.8) is 0 Å². The maximum Gasteiger partial charge on any atom is 0.233 e. The highest BCUT2D eigenvalue weighted by molar-refractivity contribution is 7.99. The summed E-state index contributed by atoms with van der Waals surface area (Å²) >= 11 is 1.42. The van der Waals surface area contributed by atoms with Crippen molar-refractivity contribution >= 4 is 27.5 Å². The Morgan fingerprint density at radius 3 is 2.41 bits per heavy atom. The molecule has 1 aromatic carbocycles. The lowest BCUT2D eigenvalue weighted by Gasteiger charge is -2.38. The average Bonchev–Trinajstić information content (AvgIpc) is 3.46. The molecule has 0 N–H and O–H groups in total. The van der Waals surface area contributed by atoms with Crippen molar-refractivity contribution in [3.8, 4) is 5.69 Å². The highest BCUT2D eigenvalue weighted by atomic mass is 32.2. The van der Waals surface area contributed by atoms with E-state index >= 15 is 0 Å². The molecule has 3 aliphatic rings. The molecule has 2 aliphatic carbocycles. The summed E-state index contributed by atoms with van der Waals surface area (Å²) in [6.45, 7) is 0. The lowest BCUT2D eigenvalue weighted by Crippen LogP contribution is -2.49. The number of benzene rings is 1. The Balaban J connectivity index is 1.35. The van der Waals surface area contributed by atoms with Crippen molar-refractivity contribution in [1.29, 1.82) is 0 Å². The fraction of sp³-hybridized carbons (Fsp3) is 0.609. The smallest absolute Gasteiger partial charge is 0.233 e. The number of para-hydroxylation sites is 1. The van der Waals surface area contributed by atoms with Crippen molar-refractivity contribution in [2.24, 2.45) is 0 Å². The first-order valence-electron chi connectivity index (χ1n) is 11.7. The van der Waals surface area contributed by atoms with Crippen LogP contribution in [0.5, 0.6) is 0 Å². The first kappa shape index (κ1) is 21.9. The number of carbonyl (C=O) groups is 1. The van der Waals surface area contributed by atoms with Crippen LogP contribution >= 0.6 is 11.8 Å². The van der Waals surface area contributed by atoms with Gasteiger partial charge in [-0.15, -0.1) is 10.2 Å². The van der Waals surface area contributed by atoms with Crippen LogP contribution in [-0.4, -0.2) is 63.3 Å². The second kappa shape index (κ2) is 9.17. The third-order valence-electron chi connectivity index (χ3n) is 6.80. The summed E-state index contributed by atoms with van der Waals surface area (Å²) in [5.74, 6) is 1.98. The summed E-state index contributed by atoms with van der Waals surface area (Å²) in [6, 6.07) is 10.0.